The van der Waals surface area contributed by atoms with Crippen LogP contribution in [-0.2, 0) is 6.54 Å². The molecule has 0 spiro atoms. The lowest BCUT2D eigenvalue weighted by atomic mass is 10.1. The number of hydrogen-bond acceptors (Lipinski definition) is 3. The fourth-order valence-corrected chi connectivity index (χ4v) is 2.95. The van der Waals surface area contributed by atoms with Crippen LogP contribution in [0.2, 0.25) is 0 Å². The lowest BCUT2D eigenvalue weighted by Gasteiger charge is -2.22. The number of aromatic nitrogens is 3. The highest BCUT2D eigenvalue weighted by molar-refractivity contribution is 5.99. The predicted molar refractivity (Wildman–Crippen MR) is 78.6 cm³/mol. The molecule has 0 bridgehead atoms. The van der Waals surface area contributed by atoms with Crippen LogP contribution in [0.4, 0.5) is 0 Å². The average Bonchev–Trinajstić information content (AvgIpc) is 3.06. The number of carbonyl (C=O) groups excluding carboxylic acids is 1. The molecular weight excluding hydrogens is 264 g/mol. The molecule has 4 rings (SSSR count). The van der Waals surface area contributed by atoms with Gasteiger partial charge in [0.2, 0.25) is 0 Å². The lowest BCUT2D eigenvalue weighted by Crippen LogP contribution is -2.26. The summed E-state index contributed by atoms with van der Waals surface area (Å²) < 4.78 is 0. The molecule has 1 atom stereocenters. The first kappa shape index (κ1) is 12.1. The molecular formula is C16H14N4O. The Morgan fingerprint density at radius 1 is 1.24 bits per heavy atom. The van der Waals surface area contributed by atoms with Crippen molar-refractivity contribution in [2.45, 2.75) is 19.5 Å². The van der Waals surface area contributed by atoms with Gasteiger partial charge in [-0.05, 0) is 36.2 Å². The van der Waals surface area contributed by atoms with E-state index in [0.717, 1.165) is 27.7 Å². The van der Waals surface area contributed by atoms with Gasteiger partial charge >= 0.3 is 0 Å². The third-order valence-electron chi connectivity index (χ3n) is 4.11. The molecule has 0 aliphatic carbocycles. The Morgan fingerprint density at radius 2 is 2.10 bits per heavy atom. The summed E-state index contributed by atoms with van der Waals surface area (Å²) in [6.45, 7) is 2.65. The third kappa shape index (κ3) is 1.81. The minimum Gasteiger partial charge on any atom is -0.328 e. The van der Waals surface area contributed by atoms with Crippen molar-refractivity contribution >= 4 is 16.9 Å². The van der Waals surface area contributed by atoms with Crippen molar-refractivity contribution in [2.75, 3.05) is 0 Å². The van der Waals surface area contributed by atoms with Crippen LogP contribution >= 0.6 is 0 Å². The summed E-state index contributed by atoms with van der Waals surface area (Å²) in [6, 6.07) is 13.8. The fourth-order valence-electron chi connectivity index (χ4n) is 2.95. The van der Waals surface area contributed by atoms with Gasteiger partial charge in [-0.3, -0.25) is 9.89 Å². The van der Waals surface area contributed by atoms with Gasteiger partial charge in [-0.2, -0.15) is 0 Å². The van der Waals surface area contributed by atoms with Crippen molar-refractivity contribution in [2.24, 2.45) is 0 Å². The Kier molecular flexibility index (Phi) is 2.54. The summed E-state index contributed by atoms with van der Waals surface area (Å²) in [5, 5.41) is 10.6. The van der Waals surface area contributed by atoms with Crippen LogP contribution in [0.25, 0.3) is 11.0 Å². The first-order chi connectivity index (χ1) is 10.2. The molecule has 3 aromatic rings. The summed E-state index contributed by atoms with van der Waals surface area (Å²) in [4.78, 5) is 14.4. The lowest BCUT2D eigenvalue weighted by molar-refractivity contribution is 0.0723. The molecule has 5 nitrogen and oxygen atoms in total. The highest BCUT2D eigenvalue weighted by atomic mass is 16.2. The molecule has 0 fully saturated rings. The van der Waals surface area contributed by atoms with Crippen molar-refractivity contribution in [1.82, 2.24) is 20.3 Å². The molecule has 1 aliphatic rings. The fraction of sp³-hybridized carbons (Fsp3) is 0.188. The summed E-state index contributed by atoms with van der Waals surface area (Å²) in [6.07, 6.45) is 0. The Labute approximate surface area is 121 Å². The molecule has 2 heterocycles. The maximum Gasteiger partial charge on any atom is 0.255 e. The van der Waals surface area contributed by atoms with E-state index in [0.29, 0.717) is 6.54 Å². The highest BCUT2D eigenvalue weighted by Crippen LogP contribution is 2.34. The van der Waals surface area contributed by atoms with Crippen molar-refractivity contribution in [3.63, 3.8) is 0 Å². The molecule has 104 valence electrons. The van der Waals surface area contributed by atoms with Gasteiger partial charge in [-0.15, -0.1) is 5.10 Å². The smallest absolute Gasteiger partial charge is 0.255 e. The molecule has 5 heteroatoms. The van der Waals surface area contributed by atoms with Crippen LogP contribution < -0.4 is 0 Å². The number of nitrogens with zero attached hydrogens (tertiary/aromatic N) is 3. The molecule has 1 amide bonds. The van der Waals surface area contributed by atoms with Crippen molar-refractivity contribution < 1.29 is 4.79 Å². The Balaban J connectivity index is 1.67. The number of rotatable bonds is 2. The van der Waals surface area contributed by atoms with Crippen molar-refractivity contribution in [3.05, 3.63) is 59.2 Å². The maximum atomic E-state index is 12.5. The first-order valence-electron chi connectivity index (χ1n) is 6.93. The molecule has 0 saturated heterocycles. The number of hydrogen-bond donors (Lipinski definition) is 1. The highest BCUT2D eigenvalue weighted by Gasteiger charge is 2.33. The average molecular weight is 278 g/mol. The largest absolute Gasteiger partial charge is 0.328 e. The van der Waals surface area contributed by atoms with Crippen LogP contribution in [-0.4, -0.2) is 26.2 Å². The van der Waals surface area contributed by atoms with Crippen LogP contribution in [0.5, 0.6) is 0 Å². The quantitative estimate of drug-likeness (QED) is 0.784. The van der Waals surface area contributed by atoms with E-state index in [-0.39, 0.29) is 11.9 Å². The standard InChI is InChI=1S/C16H14N4O/c1-10-12-4-2-3-5-13(12)16(21)20(10)9-11-6-7-14-15(8-11)18-19-17-14/h2-8,10H,9H2,1H3,(H,17,18,19). The Bertz CT molecular complexity index is 839. The van der Waals surface area contributed by atoms with Crippen LogP contribution in [0.1, 0.15) is 34.5 Å². The number of fused-ring (bicyclic) bond motifs is 2. The normalized spacial score (nSPS) is 17.5. The zero-order chi connectivity index (χ0) is 14.4. The Morgan fingerprint density at radius 3 is 2.95 bits per heavy atom. The van der Waals surface area contributed by atoms with Gasteiger partial charge in [0.05, 0.1) is 11.6 Å². The molecule has 21 heavy (non-hydrogen) atoms. The van der Waals surface area contributed by atoms with E-state index in [1.165, 1.54) is 0 Å². The summed E-state index contributed by atoms with van der Waals surface area (Å²) in [5.41, 5.74) is 4.70. The summed E-state index contributed by atoms with van der Waals surface area (Å²) in [7, 11) is 0. The first-order valence-corrected chi connectivity index (χ1v) is 6.93. The second-order valence-electron chi connectivity index (χ2n) is 5.36. The molecule has 1 N–H and O–H groups in total. The number of nitrogens with one attached hydrogen (secondary N) is 1. The summed E-state index contributed by atoms with van der Waals surface area (Å²) in [5.74, 6) is 0.0957. The maximum absolute atomic E-state index is 12.5. The van der Waals surface area contributed by atoms with Crippen LogP contribution in [0.15, 0.2) is 42.5 Å². The van der Waals surface area contributed by atoms with Gasteiger partial charge in [0.25, 0.3) is 5.91 Å². The van der Waals surface area contributed by atoms with Gasteiger partial charge < -0.3 is 4.90 Å². The molecule has 0 saturated carbocycles. The number of aromatic amines is 1. The SMILES string of the molecule is CC1c2ccccc2C(=O)N1Cc1ccc2[nH]nnc2c1. The van der Waals surface area contributed by atoms with E-state index in [1.807, 2.05) is 47.4 Å². The van der Waals surface area contributed by atoms with E-state index in [9.17, 15) is 4.79 Å². The molecule has 1 aromatic heterocycles. The minimum absolute atomic E-state index is 0.0957. The molecule has 1 unspecified atom stereocenters. The van der Waals surface area contributed by atoms with E-state index >= 15 is 0 Å². The van der Waals surface area contributed by atoms with E-state index in [4.69, 9.17) is 0 Å². The number of benzene rings is 2. The van der Waals surface area contributed by atoms with Gasteiger partial charge in [0.1, 0.15) is 5.52 Å². The third-order valence-corrected chi connectivity index (χ3v) is 4.11. The van der Waals surface area contributed by atoms with Crippen LogP contribution in [0, 0.1) is 0 Å². The summed E-state index contributed by atoms with van der Waals surface area (Å²) >= 11 is 0. The number of carbonyl (C=O) groups is 1. The van der Waals surface area contributed by atoms with E-state index in [1.54, 1.807) is 0 Å². The van der Waals surface area contributed by atoms with Gasteiger partial charge in [-0.1, -0.05) is 29.5 Å². The number of amides is 1. The minimum atomic E-state index is 0.0957. The molecule has 2 aromatic carbocycles. The monoisotopic (exact) mass is 278 g/mol. The van der Waals surface area contributed by atoms with Gasteiger partial charge in [-0.25, -0.2) is 0 Å². The second-order valence-corrected chi connectivity index (χ2v) is 5.36. The van der Waals surface area contributed by atoms with Crippen LogP contribution in [0.3, 0.4) is 0 Å². The zero-order valence-corrected chi connectivity index (χ0v) is 11.6. The van der Waals surface area contributed by atoms with Crippen molar-refractivity contribution in [3.8, 4) is 0 Å². The zero-order valence-electron chi connectivity index (χ0n) is 11.6. The van der Waals surface area contributed by atoms with E-state index in [2.05, 4.69) is 22.3 Å². The Hall–Kier alpha value is -2.69. The topological polar surface area (TPSA) is 61.9 Å². The molecule has 0 radical (unpaired) electrons. The molecule has 1 aliphatic heterocycles. The van der Waals surface area contributed by atoms with E-state index < -0.39 is 0 Å². The second kappa shape index (κ2) is 4.41. The van der Waals surface area contributed by atoms with Gasteiger partial charge in [0, 0.05) is 12.1 Å². The predicted octanol–water partition coefficient (Wildman–Crippen LogP) is 2.67. The number of H-pyrrole nitrogens is 1. The van der Waals surface area contributed by atoms with Crippen molar-refractivity contribution in [1.29, 1.82) is 0 Å². The van der Waals surface area contributed by atoms with Gasteiger partial charge in [0.15, 0.2) is 0 Å².